The number of nitrogens with zero attached hydrogens (tertiary/aromatic N) is 5. The van der Waals surface area contributed by atoms with Gasteiger partial charge in [0.2, 0.25) is 5.91 Å². The molecule has 1 spiro atoms. The summed E-state index contributed by atoms with van der Waals surface area (Å²) in [4.78, 5) is 21.9. The number of carbonyl (C=O) groups excluding carboxylic acids is 1. The molecule has 166 valence electrons. The van der Waals surface area contributed by atoms with Crippen molar-refractivity contribution < 1.29 is 4.79 Å². The van der Waals surface area contributed by atoms with E-state index in [2.05, 4.69) is 51.5 Å². The number of piperidine rings is 1. The van der Waals surface area contributed by atoms with Crippen molar-refractivity contribution in [2.45, 2.75) is 38.6 Å². The average Bonchev–Trinajstić information content (AvgIpc) is 3.33. The predicted octanol–water partition coefficient (Wildman–Crippen LogP) is 3.20. The zero-order valence-electron chi connectivity index (χ0n) is 18.8. The molecule has 0 radical (unpaired) electrons. The topological polar surface area (TPSA) is 66.3 Å². The van der Waals surface area contributed by atoms with E-state index in [1.165, 1.54) is 16.8 Å². The third kappa shape index (κ3) is 3.10. The van der Waals surface area contributed by atoms with Crippen LogP contribution in [0.5, 0.6) is 0 Å². The minimum absolute atomic E-state index is 0.164. The van der Waals surface area contributed by atoms with Gasteiger partial charge in [-0.25, -0.2) is 4.98 Å². The van der Waals surface area contributed by atoms with E-state index in [9.17, 15) is 4.79 Å². The Balaban J connectivity index is 1.29. The van der Waals surface area contributed by atoms with Crippen LogP contribution >= 0.6 is 0 Å². The molecular weight excluding hydrogens is 400 g/mol. The van der Waals surface area contributed by atoms with Crippen LogP contribution < -0.4 is 15.1 Å². The molecule has 2 aromatic heterocycles. The number of aromatic nitrogens is 3. The number of rotatable bonds is 2. The average molecular weight is 431 g/mol. The van der Waals surface area contributed by atoms with E-state index < -0.39 is 0 Å². The van der Waals surface area contributed by atoms with Crippen molar-refractivity contribution in [2.75, 3.05) is 36.0 Å². The lowest BCUT2D eigenvalue weighted by Gasteiger charge is -2.36. The lowest BCUT2D eigenvalue weighted by Crippen LogP contribution is -2.38. The highest BCUT2D eigenvalue weighted by Gasteiger charge is 2.44. The van der Waals surface area contributed by atoms with Crippen LogP contribution in [0.4, 0.5) is 11.4 Å². The number of pyridine rings is 1. The zero-order valence-corrected chi connectivity index (χ0v) is 18.8. The van der Waals surface area contributed by atoms with Crippen LogP contribution in [-0.2, 0) is 18.4 Å². The second kappa shape index (κ2) is 7.30. The van der Waals surface area contributed by atoms with Gasteiger partial charge in [-0.3, -0.25) is 9.48 Å². The molecule has 7 nitrogen and oxygen atoms in total. The smallest absolute Gasteiger partial charge is 0.227 e. The van der Waals surface area contributed by atoms with Gasteiger partial charge in [-0.2, -0.15) is 5.10 Å². The first-order valence-corrected chi connectivity index (χ1v) is 11.7. The minimum Gasteiger partial charge on any atom is -0.366 e. The van der Waals surface area contributed by atoms with Crippen LogP contribution in [0, 0.1) is 5.41 Å². The fraction of sp³-hybridized carbons (Fsp3) is 0.480. The largest absolute Gasteiger partial charge is 0.366 e. The Hall–Kier alpha value is -2.93. The number of hydrogen-bond donors (Lipinski definition) is 1. The Kier molecular flexibility index (Phi) is 4.50. The molecule has 0 saturated carbocycles. The van der Waals surface area contributed by atoms with Crippen molar-refractivity contribution in [3.8, 4) is 0 Å². The second-order valence-electron chi connectivity index (χ2n) is 9.91. The molecule has 1 aromatic carbocycles. The Labute approximate surface area is 188 Å². The van der Waals surface area contributed by atoms with Gasteiger partial charge in [-0.15, -0.1) is 0 Å². The summed E-state index contributed by atoms with van der Waals surface area (Å²) >= 11 is 0. The summed E-state index contributed by atoms with van der Waals surface area (Å²) in [5, 5.41) is 8.93. The maximum atomic E-state index is 12.9. The number of aryl methyl sites for hydroxylation is 1. The van der Waals surface area contributed by atoms with E-state index in [4.69, 9.17) is 0 Å². The first kappa shape index (κ1) is 19.7. The molecule has 5 heterocycles. The van der Waals surface area contributed by atoms with Crippen LogP contribution in [0.2, 0.25) is 0 Å². The monoisotopic (exact) mass is 430 g/mol. The molecule has 2 fully saturated rings. The van der Waals surface area contributed by atoms with Crippen molar-refractivity contribution in [3.05, 3.63) is 47.8 Å². The van der Waals surface area contributed by atoms with E-state index in [0.717, 1.165) is 62.3 Å². The molecule has 0 aliphatic carbocycles. The summed E-state index contributed by atoms with van der Waals surface area (Å²) in [6.07, 6.45) is 6.67. The van der Waals surface area contributed by atoms with Crippen molar-refractivity contribution >= 4 is 28.3 Å². The Morgan fingerprint density at radius 3 is 2.88 bits per heavy atom. The minimum atomic E-state index is 0.164. The van der Waals surface area contributed by atoms with Crippen LogP contribution in [0.15, 0.2) is 36.7 Å². The number of fused-ring (bicyclic) bond motifs is 2. The summed E-state index contributed by atoms with van der Waals surface area (Å²) in [5.74, 6) is 0.664. The molecule has 3 aliphatic rings. The normalized spacial score (nSPS) is 22.7. The molecule has 3 aliphatic heterocycles. The molecule has 0 unspecified atom stereocenters. The molecule has 32 heavy (non-hydrogen) atoms. The lowest BCUT2D eigenvalue weighted by atomic mass is 9.78. The molecule has 2 saturated heterocycles. The van der Waals surface area contributed by atoms with E-state index in [1.54, 1.807) is 0 Å². The van der Waals surface area contributed by atoms with Gasteiger partial charge in [0.25, 0.3) is 0 Å². The summed E-state index contributed by atoms with van der Waals surface area (Å²) in [7, 11) is 1.93. The number of nitrogens with one attached hydrogen (secondary N) is 1. The highest BCUT2D eigenvalue weighted by Crippen LogP contribution is 2.42. The number of benzene rings is 1. The van der Waals surface area contributed by atoms with Crippen LogP contribution in [0.25, 0.3) is 11.0 Å². The van der Waals surface area contributed by atoms with E-state index in [0.29, 0.717) is 12.3 Å². The summed E-state index contributed by atoms with van der Waals surface area (Å²) in [6, 6.07) is 8.76. The number of carbonyl (C=O) groups is 1. The molecule has 7 heteroatoms. The molecule has 0 bridgehead atoms. The van der Waals surface area contributed by atoms with Crippen LogP contribution in [-0.4, -0.2) is 46.9 Å². The second-order valence-corrected chi connectivity index (χ2v) is 9.91. The lowest BCUT2D eigenvalue weighted by molar-refractivity contribution is -0.117. The van der Waals surface area contributed by atoms with Gasteiger partial charge in [-0.1, -0.05) is 13.0 Å². The maximum absolute atomic E-state index is 12.9. The van der Waals surface area contributed by atoms with Crippen LogP contribution in [0.3, 0.4) is 0 Å². The highest BCUT2D eigenvalue weighted by atomic mass is 16.2. The third-order valence-corrected chi connectivity index (χ3v) is 7.77. The van der Waals surface area contributed by atoms with Gasteiger partial charge < -0.3 is 15.1 Å². The van der Waals surface area contributed by atoms with Gasteiger partial charge in [0.1, 0.15) is 0 Å². The Morgan fingerprint density at radius 2 is 2.03 bits per heavy atom. The molecule has 1 amide bonds. The Bertz CT molecular complexity index is 1190. The fourth-order valence-corrected chi connectivity index (χ4v) is 5.97. The number of amides is 1. The SMILES string of the molecule is C[C@H]1CN(c2ccnc3c2cnn3C)Cc2ccc(N3CC4(CCNCC4)CC3=O)cc21. The molecule has 1 N–H and O–H groups in total. The standard InChI is InChI=1S/C25H30N6O/c1-17-14-30(22-5-8-27-24-21(22)13-28-29(24)2)15-18-3-4-19(11-20(17)18)31-16-25(12-23(31)32)6-9-26-10-7-25/h3-5,8,11,13,17,26H,6-7,9-10,12,14-16H2,1-2H3/t17-/m0/s1. The maximum Gasteiger partial charge on any atom is 0.227 e. The highest BCUT2D eigenvalue weighted by molar-refractivity contribution is 5.96. The predicted molar refractivity (Wildman–Crippen MR) is 126 cm³/mol. The fourth-order valence-electron chi connectivity index (χ4n) is 5.97. The third-order valence-electron chi connectivity index (χ3n) is 7.77. The van der Waals surface area contributed by atoms with E-state index in [-0.39, 0.29) is 11.3 Å². The number of anilines is 2. The van der Waals surface area contributed by atoms with Crippen molar-refractivity contribution in [3.63, 3.8) is 0 Å². The quantitative estimate of drug-likeness (QED) is 0.676. The summed E-state index contributed by atoms with van der Waals surface area (Å²) in [5.41, 5.74) is 6.04. The van der Waals surface area contributed by atoms with Crippen LogP contribution in [0.1, 0.15) is 43.2 Å². The molecule has 3 aromatic rings. The zero-order chi connectivity index (χ0) is 21.9. The van der Waals surface area contributed by atoms with Crippen molar-refractivity contribution in [2.24, 2.45) is 12.5 Å². The summed E-state index contributed by atoms with van der Waals surface area (Å²) < 4.78 is 1.83. The van der Waals surface area contributed by atoms with Crippen molar-refractivity contribution in [1.29, 1.82) is 0 Å². The van der Waals surface area contributed by atoms with Crippen molar-refractivity contribution in [1.82, 2.24) is 20.1 Å². The molecular formula is C25H30N6O. The van der Waals surface area contributed by atoms with Gasteiger partial charge in [-0.05, 0) is 66.6 Å². The first-order chi connectivity index (χ1) is 15.5. The van der Waals surface area contributed by atoms with Gasteiger partial charge in [0.15, 0.2) is 5.65 Å². The first-order valence-electron chi connectivity index (χ1n) is 11.7. The molecule has 1 atom stereocenters. The summed E-state index contributed by atoms with van der Waals surface area (Å²) in [6.45, 7) is 7.00. The number of hydrogen-bond acceptors (Lipinski definition) is 5. The van der Waals surface area contributed by atoms with Gasteiger partial charge in [0, 0.05) is 45.0 Å². The van der Waals surface area contributed by atoms with Gasteiger partial charge >= 0.3 is 0 Å². The van der Waals surface area contributed by atoms with Gasteiger partial charge in [0.05, 0.1) is 17.3 Å². The Morgan fingerprint density at radius 1 is 1.19 bits per heavy atom. The van der Waals surface area contributed by atoms with E-state index >= 15 is 0 Å². The molecule has 6 rings (SSSR count). The van der Waals surface area contributed by atoms with E-state index in [1.807, 2.05) is 29.0 Å².